The maximum atomic E-state index is 11.9. The molecule has 1 aliphatic carbocycles. The Kier molecular flexibility index (Phi) is 2.78. The second-order valence-electron chi connectivity index (χ2n) is 4.71. The van der Waals surface area contributed by atoms with Gasteiger partial charge in [-0.25, -0.2) is 0 Å². The lowest BCUT2D eigenvalue weighted by Gasteiger charge is -2.21. The number of carbonyl (C=O) groups excluding carboxylic acids is 2. The number of anilines is 1. The summed E-state index contributed by atoms with van der Waals surface area (Å²) in [6, 6.07) is 5.81. The van der Waals surface area contributed by atoms with Gasteiger partial charge in [0.1, 0.15) is 0 Å². The van der Waals surface area contributed by atoms with Crippen molar-refractivity contribution in [3.05, 3.63) is 23.8 Å². The van der Waals surface area contributed by atoms with Crippen LogP contribution in [0.15, 0.2) is 23.1 Å². The van der Waals surface area contributed by atoms with E-state index in [-0.39, 0.29) is 17.1 Å². The smallest absolute Gasteiger partial charge is 0.251 e. The van der Waals surface area contributed by atoms with Gasteiger partial charge in [0.25, 0.3) is 5.91 Å². The molecule has 1 saturated carbocycles. The fourth-order valence-electron chi connectivity index (χ4n) is 1.85. The van der Waals surface area contributed by atoms with Gasteiger partial charge in [-0.05, 0) is 38.0 Å². The van der Waals surface area contributed by atoms with E-state index in [4.69, 9.17) is 0 Å². The summed E-state index contributed by atoms with van der Waals surface area (Å²) in [6.07, 6.45) is 2.14. The van der Waals surface area contributed by atoms with Gasteiger partial charge >= 0.3 is 0 Å². The van der Waals surface area contributed by atoms with Gasteiger partial charge in [-0.2, -0.15) is 0 Å². The average molecular weight is 262 g/mol. The van der Waals surface area contributed by atoms with Crippen molar-refractivity contribution in [3.63, 3.8) is 0 Å². The molecule has 4 nitrogen and oxygen atoms in total. The monoisotopic (exact) mass is 262 g/mol. The van der Waals surface area contributed by atoms with Crippen molar-refractivity contribution in [3.8, 4) is 0 Å². The van der Waals surface area contributed by atoms with Gasteiger partial charge in [-0.1, -0.05) is 0 Å². The van der Waals surface area contributed by atoms with Crippen LogP contribution in [0.2, 0.25) is 0 Å². The molecule has 2 N–H and O–H groups in total. The van der Waals surface area contributed by atoms with E-state index in [1.807, 2.05) is 19.1 Å². The first-order valence-corrected chi connectivity index (χ1v) is 6.94. The van der Waals surface area contributed by atoms with Crippen LogP contribution in [0.25, 0.3) is 0 Å². The predicted octanol–water partition coefficient (Wildman–Crippen LogP) is 2.01. The van der Waals surface area contributed by atoms with E-state index < -0.39 is 0 Å². The Bertz CT molecular complexity index is 526. The lowest BCUT2D eigenvalue weighted by atomic mass is 10.1. The zero-order chi connectivity index (χ0) is 12.7. The Morgan fingerprint density at radius 3 is 2.94 bits per heavy atom. The minimum Gasteiger partial charge on any atom is -0.349 e. The van der Waals surface area contributed by atoms with Crippen molar-refractivity contribution in [2.75, 3.05) is 5.32 Å². The predicted molar refractivity (Wildman–Crippen MR) is 70.9 cm³/mol. The van der Waals surface area contributed by atoms with E-state index in [0.29, 0.717) is 11.6 Å². The topological polar surface area (TPSA) is 58.2 Å². The van der Waals surface area contributed by atoms with E-state index in [1.165, 1.54) is 11.8 Å². The van der Waals surface area contributed by atoms with Gasteiger partial charge in [0, 0.05) is 16.5 Å². The Labute approximate surface area is 110 Å². The lowest BCUT2D eigenvalue weighted by molar-refractivity contribution is -0.115. The van der Waals surface area contributed by atoms with Crippen molar-refractivity contribution < 1.29 is 9.59 Å². The molecule has 1 aromatic rings. The van der Waals surface area contributed by atoms with Crippen molar-refractivity contribution in [2.24, 2.45) is 0 Å². The van der Waals surface area contributed by atoms with E-state index >= 15 is 0 Å². The summed E-state index contributed by atoms with van der Waals surface area (Å²) >= 11 is 1.52. The molecule has 94 valence electrons. The van der Waals surface area contributed by atoms with E-state index in [0.717, 1.165) is 23.4 Å². The van der Waals surface area contributed by atoms with Crippen LogP contribution in [0.1, 0.15) is 30.1 Å². The van der Waals surface area contributed by atoms with Gasteiger partial charge in [-0.3, -0.25) is 9.59 Å². The molecule has 0 bridgehead atoms. The Morgan fingerprint density at radius 1 is 1.44 bits per heavy atom. The number of hydrogen-bond donors (Lipinski definition) is 2. The zero-order valence-corrected chi connectivity index (χ0v) is 10.8. The SMILES string of the molecule is C[C@H]1Sc2ccc(C(=O)NC3CC3)cc2NC1=O. The normalized spacial score (nSPS) is 22.1. The first kappa shape index (κ1) is 11.6. The van der Waals surface area contributed by atoms with Gasteiger partial charge in [0.15, 0.2) is 0 Å². The third kappa shape index (κ3) is 2.22. The fourth-order valence-corrected chi connectivity index (χ4v) is 2.78. The Hall–Kier alpha value is -1.49. The highest BCUT2D eigenvalue weighted by Crippen LogP contribution is 2.36. The van der Waals surface area contributed by atoms with Gasteiger partial charge in [0.2, 0.25) is 5.91 Å². The van der Waals surface area contributed by atoms with Crippen LogP contribution >= 0.6 is 11.8 Å². The number of rotatable bonds is 2. The number of hydrogen-bond acceptors (Lipinski definition) is 3. The molecular formula is C13H14N2O2S. The molecule has 1 atom stereocenters. The highest BCUT2D eigenvalue weighted by molar-refractivity contribution is 8.00. The molecular weight excluding hydrogens is 248 g/mol. The molecule has 0 saturated heterocycles. The van der Waals surface area contributed by atoms with E-state index in [9.17, 15) is 9.59 Å². The number of nitrogens with one attached hydrogen (secondary N) is 2. The molecule has 1 heterocycles. The van der Waals surface area contributed by atoms with Crippen molar-refractivity contribution in [1.82, 2.24) is 5.32 Å². The van der Waals surface area contributed by atoms with E-state index in [2.05, 4.69) is 10.6 Å². The summed E-state index contributed by atoms with van der Waals surface area (Å²) in [5.74, 6) is -0.0644. The molecule has 1 aliphatic heterocycles. The van der Waals surface area contributed by atoms with Gasteiger partial charge in [0.05, 0.1) is 10.9 Å². The largest absolute Gasteiger partial charge is 0.349 e. The summed E-state index contributed by atoms with van der Waals surface area (Å²) in [5.41, 5.74) is 1.35. The molecule has 0 aromatic heterocycles. The molecule has 1 fully saturated rings. The first-order chi connectivity index (χ1) is 8.63. The number of fused-ring (bicyclic) bond motifs is 1. The number of benzene rings is 1. The van der Waals surface area contributed by atoms with Crippen LogP contribution in [0.5, 0.6) is 0 Å². The highest BCUT2D eigenvalue weighted by Gasteiger charge is 2.26. The molecule has 2 aliphatic rings. The first-order valence-electron chi connectivity index (χ1n) is 6.06. The maximum absolute atomic E-state index is 11.9. The third-order valence-corrected chi connectivity index (χ3v) is 4.26. The van der Waals surface area contributed by atoms with Crippen LogP contribution in [0.3, 0.4) is 0 Å². The third-order valence-electron chi connectivity index (χ3n) is 3.09. The molecule has 0 spiro atoms. The van der Waals surface area contributed by atoms with Crippen LogP contribution in [0.4, 0.5) is 5.69 Å². The summed E-state index contributed by atoms with van der Waals surface area (Å²) in [6.45, 7) is 1.87. The van der Waals surface area contributed by atoms with Crippen LogP contribution in [-0.4, -0.2) is 23.1 Å². The molecule has 3 rings (SSSR count). The summed E-state index contributed by atoms with van der Waals surface area (Å²) in [5, 5.41) is 5.69. The number of thioether (sulfide) groups is 1. The minimum atomic E-state index is -0.0800. The fraction of sp³-hybridized carbons (Fsp3) is 0.385. The number of carbonyl (C=O) groups is 2. The van der Waals surface area contributed by atoms with Crippen LogP contribution in [0, 0.1) is 0 Å². The molecule has 2 amide bonds. The lowest BCUT2D eigenvalue weighted by Crippen LogP contribution is -2.28. The summed E-state index contributed by atoms with van der Waals surface area (Å²) < 4.78 is 0. The van der Waals surface area contributed by atoms with Crippen LogP contribution < -0.4 is 10.6 Å². The highest BCUT2D eigenvalue weighted by atomic mass is 32.2. The summed E-state index contributed by atoms with van der Waals surface area (Å²) in [7, 11) is 0. The average Bonchev–Trinajstić information content (AvgIpc) is 3.14. The second-order valence-corrected chi connectivity index (χ2v) is 6.09. The molecule has 5 heteroatoms. The minimum absolute atomic E-state index is 0.00717. The standard InChI is InChI=1S/C13H14N2O2S/c1-7-12(16)15-10-6-8(2-5-11(10)18-7)13(17)14-9-3-4-9/h2,5-7,9H,3-4H2,1H3,(H,14,17)(H,15,16)/t7-/m1/s1. The quantitative estimate of drug-likeness (QED) is 0.857. The van der Waals surface area contributed by atoms with Gasteiger partial charge in [-0.15, -0.1) is 11.8 Å². The van der Waals surface area contributed by atoms with Crippen LogP contribution in [-0.2, 0) is 4.79 Å². The Morgan fingerprint density at radius 2 is 2.22 bits per heavy atom. The van der Waals surface area contributed by atoms with Gasteiger partial charge < -0.3 is 10.6 Å². The number of amides is 2. The Balaban J connectivity index is 1.83. The van der Waals surface area contributed by atoms with E-state index in [1.54, 1.807) is 6.07 Å². The molecule has 1 aromatic carbocycles. The maximum Gasteiger partial charge on any atom is 0.251 e. The molecule has 18 heavy (non-hydrogen) atoms. The van der Waals surface area contributed by atoms with Crippen molar-refractivity contribution in [1.29, 1.82) is 0 Å². The van der Waals surface area contributed by atoms with Crippen molar-refractivity contribution in [2.45, 2.75) is 36.0 Å². The second kappa shape index (κ2) is 4.31. The summed E-state index contributed by atoms with van der Waals surface area (Å²) in [4.78, 5) is 24.5. The van der Waals surface area contributed by atoms with Crippen molar-refractivity contribution >= 4 is 29.3 Å². The molecule has 0 radical (unpaired) electrons. The zero-order valence-electron chi connectivity index (χ0n) is 10.0. The molecule has 0 unspecified atom stereocenters.